The molecular weight excluding hydrogens is 529 g/mol. The molecule has 4 aromatic rings. The molecule has 1 N–H and O–H groups in total. The van der Waals surface area contributed by atoms with Crippen molar-refractivity contribution in [1.29, 1.82) is 0 Å². The molecule has 3 aromatic carbocycles. The Morgan fingerprint density at radius 3 is 2.14 bits per heavy atom. The lowest BCUT2D eigenvalue weighted by molar-refractivity contribution is -0.198. The second-order valence-corrected chi connectivity index (χ2v) is 10.5. The molecule has 0 amide bonds. The number of fused-ring (bicyclic) bond motifs is 1. The van der Waals surface area contributed by atoms with E-state index in [4.69, 9.17) is 16.3 Å². The van der Waals surface area contributed by atoms with Crippen LogP contribution in [0.25, 0.3) is 11.0 Å². The van der Waals surface area contributed by atoms with Gasteiger partial charge in [-0.05, 0) is 43.9 Å². The molecule has 0 aliphatic rings. The van der Waals surface area contributed by atoms with Gasteiger partial charge in [0, 0.05) is 12.1 Å². The van der Waals surface area contributed by atoms with E-state index in [1.807, 2.05) is 19.0 Å². The molecule has 0 bridgehead atoms. The number of para-hydroxylation sites is 2. The number of halogens is 4. The van der Waals surface area contributed by atoms with Crippen LogP contribution < -0.4 is 9.46 Å². The SMILES string of the molecule is CN(C)Cc1ccc(C(Oc2nc3ccccc3nc2NS(=O)(=O)c2ccccc2Cl)C(F)(F)F)cc1. The van der Waals surface area contributed by atoms with Crippen molar-refractivity contribution in [3.63, 3.8) is 0 Å². The third kappa shape index (κ3) is 6.30. The summed E-state index contributed by atoms with van der Waals surface area (Å²) < 4.78 is 76.1. The van der Waals surface area contributed by atoms with E-state index in [1.165, 1.54) is 36.4 Å². The van der Waals surface area contributed by atoms with Gasteiger partial charge in [0.05, 0.1) is 16.1 Å². The Kier molecular flexibility index (Phi) is 7.58. The van der Waals surface area contributed by atoms with Crippen molar-refractivity contribution in [2.45, 2.75) is 23.7 Å². The second kappa shape index (κ2) is 10.5. The van der Waals surface area contributed by atoms with E-state index in [9.17, 15) is 21.6 Å². The maximum absolute atomic E-state index is 14.2. The molecule has 0 aliphatic carbocycles. The smallest absolute Gasteiger partial charge is 0.429 e. The van der Waals surface area contributed by atoms with Crippen molar-refractivity contribution in [2.24, 2.45) is 0 Å². The van der Waals surface area contributed by atoms with Crippen LogP contribution in [0.15, 0.2) is 77.7 Å². The van der Waals surface area contributed by atoms with Gasteiger partial charge in [-0.25, -0.2) is 18.4 Å². The van der Waals surface area contributed by atoms with Crippen molar-refractivity contribution in [3.05, 3.63) is 88.9 Å². The van der Waals surface area contributed by atoms with E-state index in [1.54, 1.807) is 36.4 Å². The van der Waals surface area contributed by atoms with Crippen LogP contribution in [0.1, 0.15) is 17.2 Å². The number of ether oxygens (including phenoxy) is 1. The number of sulfonamides is 1. The standard InChI is InChI=1S/C25H22ClF3N4O3S/c1-33(2)15-16-11-13-17(14-12-16)22(25(27,28)29)36-24-23(30-19-8-4-5-9-20(19)31-24)32-37(34,35)21-10-6-3-7-18(21)26/h3-14,22H,15H2,1-2H3,(H,30,32). The van der Waals surface area contributed by atoms with Crippen molar-refractivity contribution in [2.75, 3.05) is 18.8 Å². The zero-order valence-corrected chi connectivity index (χ0v) is 21.3. The minimum atomic E-state index is -4.84. The van der Waals surface area contributed by atoms with Crippen molar-refractivity contribution < 1.29 is 26.3 Å². The van der Waals surface area contributed by atoms with Gasteiger partial charge in [-0.3, -0.25) is 4.72 Å². The Balaban J connectivity index is 1.77. The molecule has 4 rings (SSSR count). The minimum Gasteiger partial charge on any atom is -0.457 e. The maximum atomic E-state index is 14.2. The minimum absolute atomic E-state index is 0.0720. The maximum Gasteiger partial charge on any atom is 0.429 e. The van der Waals surface area contributed by atoms with E-state index in [-0.39, 0.29) is 26.5 Å². The molecular formula is C25H22ClF3N4O3S. The molecule has 0 aliphatic heterocycles. The molecule has 12 heteroatoms. The number of benzene rings is 3. The Morgan fingerprint density at radius 2 is 1.54 bits per heavy atom. The summed E-state index contributed by atoms with van der Waals surface area (Å²) in [5.41, 5.74) is 1.11. The Bertz CT molecular complexity index is 1510. The largest absolute Gasteiger partial charge is 0.457 e. The van der Waals surface area contributed by atoms with E-state index >= 15 is 0 Å². The molecule has 0 saturated carbocycles. The summed E-state index contributed by atoms with van der Waals surface area (Å²) in [6.07, 6.45) is -7.27. The van der Waals surface area contributed by atoms with Crippen LogP contribution in [0.3, 0.4) is 0 Å². The van der Waals surface area contributed by atoms with Crippen LogP contribution in [0.4, 0.5) is 19.0 Å². The first kappa shape index (κ1) is 26.6. The lowest BCUT2D eigenvalue weighted by Gasteiger charge is -2.23. The first-order valence-corrected chi connectivity index (χ1v) is 12.8. The predicted molar refractivity (Wildman–Crippen MR) is 135 cm³/mol. The van der Waals surface area contributed by atoms with E-state index in [0.29, 0.717) is 6.54 Å². The molecule has 0 radical (unpaired) electrons. The van der Waals surface area contributed by atoms with Crippen molar-refractivity contribution in [3.8, 4) is 5.88 Å². The number of alkyl halides is 3. The summed E-state index contributed by atoms with van der Waals surface area (Å²) in [5, 5.41) is -0.0720. The fourth-order valence-electron chi connectivity index (χ4n) is 3.58. The molecule has 1 heterocycles. The third-order valence-corrected chi connectivity index (χ3v) is 7.04. The van der Waals surface area contributed by atoms with Gasteiger partial charge in [-0.1, -0.05) is 60.1 Å². The van der Waals surface area contributed by atoms with Crippen LogP contribution in [-0.4, -0.2) is 43.6 Å². The van der Waals surface area contributed by atoms with Gasteiger partial charge in [0.2, 0.25) is 11.9 Å². The molecule has 37 heavy (non-hydrogen) atoms. The van der Waals surface area contributed by atoms with Crippen LogP contribution in [0.5, 0.6) is 5.88 Å². The number of hydrogen-bond acceptors (Lipinski definition) is 6. The van der Waals surface area contributed by atoms with E-state index < -0.39 is 34.0 Å². The van der Waals surface area contributed by atoms with Gasteiger partial charge in [-0.15, -0.1) is 0 Å². The van der Waals surface area contributed by atoms with E-state index in [0.717, 1.165) is 5.56 Å². The molecule has 7 nitrogen and oxygen atoms in total. The predicted octanol–water partition coefficient (Wildman–Crippen LogP) is 5.83. The van der Waals surface area contributed by atoms with Gasteiger partial charge in [0.1, 0.15) is 4.90 Å². The summed E-state index contributed by atoms with van der Waals surface area (Å²) in [7, 11) is -0.646. The topological polar surface area (TPSA) is 84.4 Å². The number of nitrogens with zero attached hydrogens (tertiary/aromatic N) is 3. The van der Waals surface area contributed by atoms with Gasteiger partial charge >= 0.3 is 6.18 Å². The highest BCUT2D eigenvalue weighted by Crippen LogP contribution is 2.39. The van der Waals surface area contributed by atoms with Gasteiger partial charge < -0.3 is 9.64 Å². The lowest BCUT2D eigenvalue weighted by Crippen LogP contribution is -2.27. The Morgan fingerprint density at radius 1 is 0.946 bits per heavy atom. The third-order valence-electron chi connectivity index (χ3n) is 5.20. The normalized spacial score (nSPS) is 13.1. The van der Waals surface area contributed by atoms with Gasteiger partial charge in [0.15, 0.2) is 0 Å². The number of rotatable bonds is 8. The van der Waals surface area contributed by atoms with Crippen LogP contribution in [0.2, 0.25) is 5.02 Å². The highest BCUT2D eigenvalue weighted by atomic mass is 35.5. The van der Waals surface area contributed by atoms with E-state index in [2.05, 4.69) is 14.7 Å². The first-order chi connectivity index (χ1) is 17.4. The number of anilines is 1. The highest BCUT2D eigenvalue weighted by molar-refractivity contribution is 7.92. The average Bonchev–Trinajstić information content (AvgIpc) is 2.82. The molecule has 0 spiro atoms. The summed E-state index contributed by atoms with van der Waals surface area (Å²) in [4.78, 5) is 9.96. The number of hydrogen-bond donors (Lipinski definition) is 1. The zero-order valence-electron chi connectivity index (χ0n) is 19.7. The monoisotopic (exact) mass is 550 g/mol. The first-order valence-electron chi connectivity index (χ1n) is 10.9. The number of nitrogens with one attached hydrogen (secondary N) is 1. The van der Waals surface area contributed by atoms with Crippen LogP contribution in [-0.2, 0) is 16.6 Å². The quantitative estimate of drug-likeness (QED) is 0.297. The molecule has 1 atom stereocenters. The average molecular weight is 551 g/mol. The zero-order chi connectivity index (χ0) is 26.8. The number of aromatic nitrogens is 2. The van der Waals surface area contributed by atoms with Crippen molar-refractivity contribution in [1.82, 2.24) is 14.9 Å². The lowest BCUT2D eigenvalue weighted by atomic mass is 10.1. The van der Waals surface area contributed by atoms with Crippen LogP contribution >= 0.6 is 11.6 Å². The fraction of sp³-hybridized carbons (Fsp3) is 0.200. The molecule has 0 fully saturated rings. The highest BCUT2D eigenvalue weighted by Gasteiger charge is 2.44. The molecule has 194 valence electrons. The Hall–Kier alpha value is -3.41. The van der Waals surface area contributed by atoms with Gasteiger partial charge in [-0.2, -0.15) is 13.2 Å². The summed E-state index contributed by atoms with van der Waals surface area (Å²) in [6.45, 7) is 0.544. The van der Waals surface area contributed by atoms with Crippen molar-refractivity contribution >= 4 is 38.5 Å². The molecule has 1 unspecified atom stereocenters. The second-order valence-electron chi connectivity index (χ2n) is 8.42. The summed E-state index contributed by atoms with van der Waals surface area (Å²) >= 11 is 6.04. The van der Waals surface area contributed by atoms with Gasteiger partial charge in [0.25, 0.3) is 15.9 Å². The Labute approximate surface area is 216 Å². The molecule has 1 aromatic heterocycles. The molecule has 0 saturated heterocycles. The summed E-state index contributed by atoms with van der Waals surface area (Å²) in [5.74, 6) is -1.13. The van der Waals surface area contributed by atoms with Crippen LogP contribution in [0, 0.1) is 0 Å². The summed E-state index contributed by atoms with van der Waals surface area (Å²) in [6, 6.07) is 17.8. The fourth-order valence-corrected chi connectivity index (χ4v) is 5.10.